The quantitative estimate of drug-likeness (QED) is 0.672. The molecule has 0 radical (unpaired) electrons. The molecule has 0 aliphatic rings. The van der Waals surface area contributed by atoms with Crippen LogP contribution in [0.1, 0.15) is 20.9 Å². The van der Waals surface area contributed by atoms with Gasteiger partial charge in [0, 0.05) is 12.1 Å². The summed E-state index contributed by atoms with van der Waals surface area (Å²) in [4.78, 5) is 31.3. The van der Waals surface area contributed by atoms with Gasteiger partial charge in [-0.05, 0) is 0 Å². The second kappa shape index (κ2) is 3.10. The number of hydrogen-bond donors (Lipinski definition) is 2. The third-order valence-corrected chi connectivity index (χ3v) is 1.23. The topological polar surface area (TPSA) is 105 Å². The molecule has 0 unspecified atom stereocenters. The summed E-state index contributed by atoms with van der Waals surface area (Å²) in [6.45, 7) is 0. The Kier molecular flexibility index (Phi) is 2.14. The Hall–Kier alpha value is -2.11. The predicted molar refractivity (Wildman–Crippen MR) is 38.9 cm³/mol. The van der Waals surface area contributed by atoms with Gasteiger partial charge in [-0.1, -0.05) is 0 Å². The number of rotatable bonds is 2. The van der Waals surface area contributed by atoms with Gasteiger partial charge in [0.15, 0.2) is 0 Å². The highest BCUT2D eigenvalue weighted by atomic mass is 16.4. The van der Waals surface area contributed by atoms with E-state index >= 15 is 0 Å². The van der Waals surface area contributed by atoms with E-state index in [4.69, 9.17) is 10.2 Å². The van der Waals surface area contributed by atoms with Gasteiger partial charge in [0.2, 0.25) is 5.76 Å². The van der Waals surface area contributed by atoms with Crippen molar-refractivity contribution in [3.8, 4) is 0 Å². The first-order valence-electron chi connectivity index (χ1n) is 3.12. The van der Waals surface area contributed by atoms with Gasteiger partial charge < -0.3 is 14.6 Å². The van der Waals surface area contributed by atoms with Crippen LogP contribution in [0.3, 0.4) is 0 Å². The van der Waals surface area contributed by atoms with Crippen molar-refractivity contribution in [1.29, 1.82) is 0 Å². The number of carbonyl (C=O) groups is 2. The normalized spacial score (nSPS) is 9.54. The minimum absolute atomic E-state index is 0.409. The maximum absolute atomic E-state index is 10.6. The van der Waals surface area contributed by atoms with Crippen LogP contribution in [0.5, 0.6) is 0 Å². The van der Waals surface area contributed by atoms with Crippen molar-refractivity contribution in [3.63, 3.8) is 0 Å². The van der Waals surface area contributed by atoms with Crippen molar-refractivity contribution < 1.29 is 24.2 Å². The predicted octanol–water partition coefficient (Wildman–Crippen LogP) is 0.0362. The van der Waals surface area contributed by atoms with Gasteiger partial charge in [-0.25, -0.2) is 14.4 Å². The third-order valence-electron chi connectivity index (χ3n) is 1.23. The first kappa shape index (κ1) is 8.98. The fourth-order valence-corrected chi connectivity index (χ4v) is 0.706. The van der Waals surface area contributed by atoms with E-state index < -0.39 is 28.9 Å². The minimum atomic E-state index is -1.49. The molecular formula is C7H4O6. The van der Waals surface area contributed by atoms with Crippen molar-refractivity contribution in [2.75, 3.05) is 0 Å². The Balaban J connectivity index is 3.35. The van der Waals surface area contributed by atoms with Gasteiger partial charge >= 0.3 is 17.6 Å². The molecule has 1 aromatic rings. The highest BCUT2D eigenvalue weighted by Gasteiger charge is 2.12. The van der Waals surface area contributed by atoms with Crippen molar-refractivity contribution in [3.05, 3.63) is 33.9 Å². The van der Waals surface area contributed by atoms with Gasteiger partial charge in [-0.3, -0.25) is 0 Å². The second-order valence-corrected chi connectivity index (χ2v) is 2.14. The summed E-state index contributed by atoms with van der Waals surface area (Å²) in [5.41, 5.74) is -1.41. The second-order valence-electron chi connectivity index (χ2n) is 2.14. The van der Waals surface area contributed by atoms with Gasteiger partial charge in [-0.2, -0.15) is 0 Å². The zero-order valence-corrected chi connectivity index (χ0v) is 6.18. The first-order valence-corrected chi connectivity index (χ1v) is 3.12. The molecule has 1 aromatic heterocycles. The lowest BCUT2D eigenvalue weighted by atomic mass is 10.2. The van der Waals surface area contributed by atoms with Crippen LogP contribution >= 0.6 is 0 Å². The lowest BCUT2D eigenvalue weighted by Crippen LogP contribution is -2.09. The van der Waals surface area contributed by atoms with Crippen molar-refractivity contribution in [1.82, 2.24) is 0 Å². The summed E-state index contributed by atoms with van der Waals surface area (Å²) in [6, 6.07) is 1.47. The third kappa shape index (κ3) is 1.92. The molecule has 0 amide bonds. The molecule has 0 aliphatic heterocycles. The van der Waals surface area contributed by atoms with Gasteiger partial charge in [0.1, 0.15) is 0 Å². The van der Waals surface area contributed by atoms with Crippen LogP contribution in [0.15, 0.2) is 21.3 Å². The summed E-state index contributed by atoms with van der Waals surface area (Å²) >= 11 is 0. The van der Waals surface area contributed by atoms with E-state index in [2.05, 4.69) is 4.42 Å². The van der Waals surface area contributed by atoms with Crippen LogP contribution in [-0.4, -0.2) is 22.2 Å². The molecule has 0 bridgehead atoms. The standard InChI is InChI=1S/C7H4O6/c8-5-2-3(6(9)10)1-4(13-5)7(11)12/h1-2H,(H,9,10)(H,11,12). The monoisotopic (exact) mass is 184 g/mol. The molecule has 0 fully saturated rings. The summed E-state index contributed by atoms with van der Waals surface area (Å²) in [5.74, 6) is -3.56. The van der Waals surface area contributed by atoms with E-state index in [0.29, 0.717) is 6.07 Å². The average molecular weight is 184 g/mol. The first-order chi connectivity index (χ1) is 6.00. The molecule has 0 saturated carbocycles. The zero-order chi connectivity index (χ0) is 10.0. The van der Waals surface area contributed by atoms with E-state index in [0.717, 1.165) is 6.07 Å². The minimum Gasteiger partial charge on any atom is -0.478 e. The van der Waals surface area contributed by atoms with Crippen LogP contribution in [0.25, 0.3) is 0 Å². The summed E-state index contributed by atoms with van der Waals surface area (Å²) in [6.07, 6.45) is 0. The molecular weight excluding hydrogens is 180 g/mol. The Morgan fingerprint density at radius 1 is 1.15 bits per heavy atom. The Morgan fingerprint density at radius 3 is 2.23 bits per heavy atom. The molecule has 1 rings (SSSR count). The molecule has 0 atom stereocenters. The van der Waals surface area contributed by atoms with Crippen LogP contribution < -0.4 is 5.63 Å². The molecule has 1 heterocycles. The van der Waals surface area contributed by atoms with Crippen LogP contribution in [0.2, 0.25) is 0 Å². The SMILES string of the molecule is O=C(O)c1cc(C(=O)O)oc(=O)c1. The van der Waals surface area contributed by atoms with Crippen molar-refractivity contribution >= 4 is 11.9 Å². The largest absolute Gasteiger partial charge is 0.478 e. The fraction of sp³-hybridized carbons (Fsp3) is 0. The number of aromatic carboxylic acids is 2. The molecule has 0 aliphatic carbocycles. The maximum Gasteiger partial charge on any atom is 0.371 e. The number of hydrogen-bond acceptors (Lipinski definition) is 4. The van der Waals surface area contributed by atoms with Gasteiger partial charge in [-0.15, -0.1) is 0 Å². The zero-order valence-electron chi connectivity index (χ0n) is 6.18. The van der Waals surface area contributed by atoms with Crippen LogP contribution in [0.4, 0.5) is 0 Å². The Morgan fingerprint density at radius 2 is 1.77 bits per heavy atom. The number of carboxylic acid groups (broad SMARTS) is 2. The molecule has 13 heavy (non-hydrogen) atoms. The van der Waals surface area contributed by atoms with Crippen molar-refractivity contribution in [2.45, 2.75) is 0 Å². The van der Waals surface area contributed by atoms with Gasteiger partial charge in [0.25, 0.3) is 0 Å². The van der Waals surface area contributed by atoms with E-state index in [9.17, 15) is 14.4 Å². The average Bonchev–Trinajstić information content (AvgIpc) is 2.03. The number of carboxylic acids is 2. The van der Waals surface area contributed by atoms with E-state index in [1.165, 1.54) is 0 Å². The molecule has 2 N–H and O–H groups in total. The molecule has 0 aromatic carbocycles. The van der Waals surface area contributed by atoms with Gasteiger partial charge in [0.05, 0.1) is 5.56 Å². The molecule has 0 spiro atoms. The lowest BCUT2D eigenvalue weighted by Gasteiger charge is -1.94. The van der Waals surface area contributed by atoms with E-state index in [1.54, 1.807) is 0 Å². The molecule has 6 nitrogen and oxygen atoms in total. The lowest BCUT2D eigenvalue weighted by molar-refractivity contribution is 0.0656. The summed E-state index contributed by atoms with van der Waals surface area (Å²) < 4.78 is 4.21. The van der Waals surface area contributed by atoms with Crippen LogP contribution in [0, 0.1) is 0 Å². The molecule has 6 heteroatoms. The highest BCUT2D eigenvalue weighted by molar-refractivity contribution is 5.91. The van der Waals surface area contributed by atoms with E-state index in [-0.39, 0.29) is 0 Å². The maximum atomic E-state index is 10.6. The molecule has 68 valence electrons. The fourth-order valence-electron chi connectivity index (χ4n) is 0.706. The molecule has 0 saturated heterocycles. The summed E-state index contributed by atoms with van der Waals surface area (Å²) in [7, 11) is 0. The smallest absolute Gasteiger partial charge is 0.371 e. The van der Waals surface area contributed by atoms with E-state index in [1.807, 2.05) is 0 Å². The Bertz CT molecular complexity index is 380. The summed E-state index contributed by atoms with van der Waals surface area (Å²) in [5, 5.41) is 16.8. The van der Waals surface area contributed by atoms with Crippen LogP contribution in [-0.2, 0) is 0 Å². The highest BCUT2D eigenvalue weighted by Crippen LogP contribution is 2.01. The van der Waals surface area contributed by atoms with Crippen molar-refractivity contribution in [2.24, 2.45) is 0 Å². The Labute approximate surface area is 71.0 Å².